The Kier molecular flexibility index (Phi) is 3.44. The zero-order valence-corrected chi connectivity index (χ0v) is 12.2. The van der Waals surface area contributed by atoms with E-state index < -0.39 is 0 Å². The van der Waals surface area contributed by atoms with Crippen LogP contribution in [0.2, 0.25) is 0 Å². The molecule has 0 radical (unpaired) electrons. The van der Waals surface area contributed by atoms with Crippen LogP contribution in [0.15, 0.2) is 24.3 Å². The average Bonchev–Trinajstić information content (AvgIpc) is 2.78. The summed E-state index contributed by atoms with van der Waals surface area (Å²) in [5.41, 5.74) is 8.93. The van der Waals surface area contributed by atoms with Gasteiger partial charge in [0.25, 0.3) is 5.91 Å². The average molecular weight is 287 g/mol. The van der Waals surface area contributed by atoms with Crippen LogP contribution in [0.25, 0.3) is 0 Å². The number of thiazole rings is 1. The van der Waals surface area contributed by atoms with Crippen molar-refractivity contribution < 1.29 is 4.79 Å². The van der Waals surface area contributed by atoms with Crippen molar-refractivity contribution in [3.05, 3.63) is 46.0 Å². The third-order valence-corrected chi connectivity index (χ3v) is 4.68. The van der Waals surface area contributed by atoms with Gasteiger partial charge in [-0.3, -0.25) is 4.79 Å². The molecule has 20 heavy (non-hydrogen) atoms. The number of aromatic nitrogens is 1. The van der Waals surface area contributed by atoms with Crippen LogP contribution in [-0.4, -0.2) is 10.9 Å². The fourth-order valence-corrected chi connectivity index (χ4v) is 3.49. The van der Waals surface area contributed by atoms with Gasteiger partial charge in [-0.15, -0.1) is 0 Å². The van der Waals surface area contributed by atoms with Crippen LogP contribution in [0.3, 0.4) is 0 Å². The quantitative estimate of drug-likeness (QED) is 0.892. The number of carbonyl (C=O) groups is 1. The van der Waals surface area contributed by atoms with Gasteiger partial charge >= 0.3 is 0 Å². The molecule has 1 heterocycles. The molecule has 4 nitrogen and oxygen atoms in total. The summed E-state index contributed by atoms with van der Waals surface area (Å²) in [4.78, 5) is 17.1. The first-order chi connectivity index (χ1) is 9.65. The first kappa shape index (κ1) is 13.1. The smallest absolute Gasteiger partial charge is 0.263 e. The Hall–Kier alpha value is -1.88. The molecule has 1 unspecified atom stereocenters. The number of carbonyl (C=O) groups excluding carboxylic acids is 1. The Morgan fingerprint density at radius 2 is 2.25 bits per heavy atom. The van der Waals surface area contributed by atoms with Crippen molar-refractivity contribution in [2.45, 2.75) is 32.2 Å². The van der Waals surface area contributed by atoms with Crippen LogP contribution in [-0.2, 0) is 6.42 Å². The third kappa shape index (κ3) is 2.41. The monoisotopic (exact) mass is 287 g/mol. The number of nitrogens with zero attached hydrogens (tertiary/aromatic N) is 1. The van der Waals surface area contributed by atoms with E-state index >= 15 is 0 Å². The van der Waals surface area contributed by atoms with Crippen molar-refractivity contribution >= 4 is 22.4 Å². The topological polar surface area (TPSA) is 68.0 Å². The highest BCUT2D eigenvalue weighted by molar-refractivity contribution is 7.17. The molecule has 1 aliphatic rings. The lowest BCUT2D eigenvalue weighted by molar-refractivity contribution is 0.0936. The number of nitrogens with two attached hydrogens (primary N) is 1. The highest BCUT2D eigenvalue weighted by Gasteiger charge is 2.23. The summed E-state index contributed by atoms with van der Waals surface area (Å²) in [6.07, 6.45) is 3.18. The van der Waals surface area contributed by atoms with E-state index in [1.165, 1.54) is 22.5 Å². The van der Waals surface area contributed by atoms with E-state index in [1.54, 1.807) is 0 Å². The standard InChI is InChI=1S/C15H17N3OS/c1-9-13(20-15(16)17-9)14(19)18-12-8-4-6-10-5-2-3-7-11(10)12/h2-3,5,7,12H,4,6,8H2,1H3,(H2,16,17)(H,18,19). The number of benzene rings is 1. The Morgan fingerprint density at radius 3 is 3.00 bits per heavy atom. The summed E-state index contributed by atoms with van der Waals surface area (Å²) in [6.45, 7) is 1.82. The number of nitrogen functional groups attached to an aromatic ring is 1. The summed E-state index contributed by atoms with van der Waals surface area (Å²) >= 11 is 1.25. The van der Waals surface area contributed by atoms with Gasteiger partial charge in [0.1, 0.15) is 4.88 Å². The molecule has 2 aromatic rings. The highest BCUT2D eigenvalue weighted by Crippen LogP contribution is 2.30. The van der Waals surface area contributed by atoms with E-state index in [0.29, 0.717) is 15.7 Å². The van der Waals surface area contributed by atoms with Gasteiger partial charge in [-0.25, -0.2) is 4.98 Å². The second-order valence-corrected chi connectivity index (χ2v) is 6.11. The van der Waals surface area contributed by atoms with E-state index in [4.69, 9.17) is 5.73 Å². The molecule has 1 atom stereocenters. The first-order valence-corrected chi connectivity index (χ1v) is 7.58. The first-order valence-electron chi connectivity index (χ1n) is 6.76. The number of hydrogen-bond acceptors (Lipinski definition) is 4. The van der Waals surface area contributed by atoms with Gasteiger partial charge < -0.3 is 11.1 Å². The minimum atomic E-state index is -0.0709. The number of anilines is 1. The summed E-state index contributed by atoms with van der Waals surface area (Å²) in [7, 11) is 0. The summed E-state index contributed by atoms with van der Waals surface area (Å²) in [5, 5.41) is 3.56. The minimum absolute atomic E-state index is 0.0709. The van der Waals surface area contributed by atoms with Gasteiger partial charge in [-0.1, -0.05) is 35.6 Å². The van der Waals surface area contributed by atoms with Crippen LogP contribution in [0, 0.1) is 6.92 Å². The van der Waals surface area contributed by atoms with Crippen molar-refractivity contribution in [2.75, 3.05) is 5.73 Å². The molecule has 0 spiro atoms. The predicted octanol–water partition coefficient (Wildman–Crippen LogP) is 2.84. The molecular formula is C15H17N3OS. The number of fused-ring (bicyclic) bond motifs is 1. The molecule has 3 rings (SSSR count). The van der Waals surface area contributed by atoms with E-state index in [0.717, 1.165) is 19.3 Å². The van der Waals surface area contributed by atoms with Crippen molar-refractivity contribution in [3.63, 3.8) is 0 Å². The van der Waals surface area contributed by atoms with Crippen molar-refractivity contribution in [2.24, 2.45) is 0 Å². The molecule has 0 saturated heterocycles. The molecular weight excluding hydrogens is 270 g/mol. The molecule has 1 aliphatic carbocycles. The molecule has 0 bridgehead atoms. The summed E-state index contributed by atoms with van der Waals surface area (Å²) in [6, 6.07) is 8.42. The van der Waals surface area contributed by atoms with E-state index in [2.05, 4.69) is 28.5 Å². The predicted molar refractivity (Wildman–Crippen MR) is 80.9 cm³/mol. The molecule has 0 fully saturated rings. The molecule has 1 aromatic carbocycles. The fourth-order valence-electron chi connectivity index (χ4n) is 2.76. The number of rotatable bonds is 2. The number of amides is 1. The van der Waals surface area contributed by atoms with Crippen LogP contribution >= 0.6 is 11.3 Å². The molecule has 3 N–H and O–H groups in total. The lowest BCUT2D eigenvalue weighted by atomic mass is 9.88. The molecule has 1 amide bonds. The Balaban J connectivity index is 1.82. The van der Waals surface area contributed by atoms with E-state index in [1.807, 2.05) is 13.0 Å². The van der Waals surface area contributed by atoms with Gasteiger partial charge in [-0.05, 0) is 37.3 Å². The number of hydrogen-bond donors (Lipinski definition) is 2. The molecule has 5 heteroatoms. The van der Waals surface area contributed by atoms with Crippen LogP contribution < -0.4 is 11.1 Å². The van der Waals surface area contributed by atoms with Crippen molar-refractivity contribution in [3.8, 4) is 0 Å². The maximum atomic E-state index is 12.4. The zero-order chi connectivity index (χ0) is 14.1. The Bertz CT molecular complexity index is 650. The lowest BCUT2D eigenvalue weighted by Crippen LogP contribution is -2.30. The van der Waals surface area contributed by atoms with Gasteiger partial charge in [0.15, 0.2) is 5.13 Å². The third-order valence-electron chi connectivity index (χ3n) is 3.69. The van der Waals surface area contributed by atoms with E-state index in [-0.39, 0.29) is 11.9 Å². The van der Waals surface area contributed by atoms with Gasteiger partial charge in [0.05, 0.1) is 11.7 Å². The normalized spacial score (nSPS) is 17.6. The van der Waals surface area contributed by atoms with Gasteiger partial charge in [-0.2, -0.15) is 0 Å². The summed E-state index contributed by atoms with van der Waals surface area (Å²) in [5.74, 6) is -0.0709. The van der Waals surface area contributed by atoms with Crippen LogP contribution in [0.5, 0.6) is 0 Å². The Morgan fingerprint density at radius 1 is 1.45 bits per heavy atom. The van der Waals surface area contributed by atoms with Gasteiger partial charge in [0.2, 0.25) is 0 Å². The largest absolute Gasteiger partial charge is 0.375 e. The summed E-state index contributed by atoms with van der Waals surface area (Å²) < 4.78 is 0. The highest BCUT2D eigenvalue weighted by atomic mass is 32.1. The second-order valence-electron chi connectivity index (χ2n) is 5.08. The number of nitrogens with one attached hydrogen (secondary N) is 1. The van der Waals surface area contributed by atoms with Crippen molar-refractivity contribution in [1.29, 1.82) is 0 Å². The Labute approximate surface area is 122 Å². The zero-order valence-electron chi connectivity index (χ0n) is 11.3. The maximum Gasteiger partial charge on any atom is 0.263 e. The second kappa shape index (κ2) is 5.25. The molecule has 1 aromatic heterocycles. The van der Waals surface area contributed by atoms with Crippen LogP contribution in [0.1, 0.15) is 45.4 Å². The van der Waals surface area contributed by atoms with Crippen molar-refractivity contribution in [1.82, 2.24) is 10.3 Å². The van der Waals surface area contributed by atoms with Crippen LogP contribution in [0.4, 0.5) is 5.13 Å². The SMILES string of the molecule is Cc1nc(N)sc1C(=O)NC1CCCc2ccccc21. The maximum absolute atomic E-state index is 12.4. The molecule has 0 aliphatic heterocycles. The van der Waals surface area contributed by atoms with Gasteiger partial charge in [0, 0.05) is 0 Å². The molecule has 104 valence electrons. The van der Waals surface area contributed by atoms with E-state index in [9.17, 15) is 4.79 Å². The number of aryl methyl sites for hydroxylation is 2. The minimum Gasteiger partial charge on any atom is -0.375 e. The lowest BCUT2D eigenvalue weighted by Gasteiger charge is -2.26. The fraction of sp³-hybridized carbons (Fsp3) is 0.333. The molecule has 0 saturated carbocycles.